The summed E-state index contributed by atoms with van der Waals surface area (Å²) < 4.78 is 62.7. The van der Waals surface area contributed by atoms with E-state index in [-0.39, 0.29) is 38.3 Å². The number of hydroxylamine groups is 2. The van der Waals surface area contributed by atoms with Gasteiger partial charge in [-0.2, -0.15) is 13.5 Å². The lowest BCUT2D eigenvalue weighted by Gasteiger charge is -2.29. The molecule has 3 rings (SSSR count). The van der Waals surface area contributed by atoms with E-state index in [4.69, 9.17) is 18.5 Å². The predicted molar refractivity (Wildman–Crippen MR) is 115 cm³/mol. The number of fused-ring (bicyclic) bond motifs is 2. The molecule has 198 valence electrons. The summed E-state index contributed by atoms with van der Waals surface area (Å²) in [5, 5.41) is 2.87. The van der Waals surface area contributed by atoms with Gasteiger partial charge < -0.3 is 28.6 Å². The standard InChI is InChI=1S/C20H24FN3O11S/c1-4-15(25)33-10-22-18(26)13-7-5-11-9-23(13)20(28)24(11)35-36(29,30)34-19(27)16-14(31-2)8-6-12(21)17(16)32-3/h6,8,11,13H,4-5,7,9-10H2,1-3H3,(H,22,26)/t11-,13+/m1/s1. The number of amides is 3. The van der Waals surface area contributed by atoms with Gasteiger partial charge in [0, 0.05) is 13.0 Å². The van der Waals surface area contributed by atoms with E-state index in [0.717, 1.165) is 31.3 Å². The van der Waals surface area contributed by atoms with Gasteiger partial charge in [0.2, 0.25) is 5.91 Å². The van der Waals surface area contributed by atoms with E-state index in [0.29, 0.717) is 5.06 Å². The Labute approximate surface area is 205 Å². The van der Waals surface area contributed by atoms with Crippen LogP contribution in [0.4, 0.5) is 9.18 Å². The number of nitrogens with zero attached hydrogens (tertiary/aromatic N) is 2. The molecular weight excluding hydrogens is 509 g/mol. The predicted octanol–water partition coefficient (Wildman–Crippen LogP) is 0.472. The normalized spacial score (nSPS) is 19.1. The average Bonchev–Trinajstić information content (AvgIpc) is 3.07. The lowest BCUT2D eigenvalue weighted by Crippen LogP contribution is -2.50. The molecule has 0 aromatic heterocycles. The van der Waals surface area contributed by atoms with Crippen LogP contribution in [0.1, 0.15) is 36.5 Å². The van der Waals surface area contributed by atoms with Gasteiger partial charge in [-0.05, 0) is 25.0 Å². The highest BCUT2D eigenvalue weighted by atomic mass is 32.3. The van der Waals surface area contributed by atoms with Gasteiger partial charge in [0.1, 0.15) is 17.4 Å². The van der Waals surface area contributed by atoms with Crippen LogP contribution >= 0.6 is 0 Å². The SMILES string of the molecule is CCC(=O)OCNC(=O)[C@@H]1CC[C@@H]2CN1C(=O)N2OS(=O)(=O)OC(=O)c1c(OC)ccc(F)c1OC. The van der Waals surface area contributed by atoms with Gasteiger partial charge >= 0.3 is 28.4 Å². The molecule has 2 heterocycles. The molecule has 2 aliphatic rings. The van der Waals surface area contributed by atoms with E-state index in [9.17, 15) is 32.0 Å². The van der Waals surface area contributed by atoms with E-state index in [1.807, 2.05) is 0 Å². The number of hydrogen-bond donors (Lipinski definition) is 1. The highest BCUT2D eigenvalue weighted by molar-refractivity contribution is 7.82. The molecule has 0 unspecified atom stereocenters. The van der Waals surface area contributed by atoms with Crippen molar-refractivity contribution in [3.05, 3.63) is 23.5 Å². The fourth-order valence-electron chi connectivity index (χ4n) is 3.76. The molecule has 2 saturated heterocycles. The Bertz CT molecular complexity index is 1160. The molecule has 0 saturated carbocycles. The largest absolute Gasteiger partial charge is 0.496 e. The minimum Gasteiger partial charge on any atom is -0.496 e. The molecule has 1 N–H and O–H groups in total. The first-order valence-corrected chi connectivity index (χ1v) is 12.0. The Morgan fingerprint density at radius 3 is 2.53 bits per heavy atom. The Kier molecular flexibility index (Phi) is 8.19. The number of carbonyl (C=O) groups is 4. The highest BCUT2D eigenvalue weighted by Gasteiger charge is 2.50. The summed E-state index contributed by atoms with van der Waals surface area (Å²) in [6.07, 6.45) is 0.473. The van der Waals surface area contributed by atoms with Crippen molar-refractivity contribution in [1.82, 2.24) is 15.3 Å². The zero-order chi connectivity index (χ0) is 26.6. The summed E-state index contributed by atoms with van der Waals surface area (Å²) >= 11 is 0. The molecular formula is C20H24FN3O11S. The molecule has 36 heavy (non-hydrogen) atoms. The first kappa shape index (κ1) is 26.9. The molecule has 0 spiro atoms. The Morgan fingerprint density at radius 1 is 1.17 bits per heavy atom. The van der Waals surface area contributed by atoms with E-state index < -0.39 is 63.5 Å². The topological polar surface area (TPSA) is 167 Å². The molecule has 2 fully saturated rings. The van der Waals surface area contributed by atoms with Crippen LogP contribution in [-0.2, 0) is 33.2 Å². The van der Waals surface area contributed by atoms with Crippen LogP contribution in [0.3, 0.4) is 0 Å². The minimum absolute atomic E-state index is 0.0410. The van der Waals surface area contributed by atoms with Crippen LogP contribution in [0.2, 0.25) is 0 Å². The number of rotatable bonds is 10. The lowest BCUT2D eigenvalue weighted by atomic mass is 10.0. The minimum atomic E-state index is -5.17. The number of nitrogens with one attached hydrogen (secondary N) is 1. The molecule has 16 heteroatoms. The second-order valence-corrected chi connectivity index (χ2v) is 8.71. The van der Waals surface area contributed by atoms with Gasteiger partial charge in [-0.1, -0.05) is 6.92 Å². The second kappa shape index (κ2) is 10.9. The summed E-state index contributed by atoms with van der Waals surface area (Å²) in [4.78, 5) is 50.1. The Morgan fingerprint density at radius 2 is 1.89 bits per heavy atom. The number of benzene rings is 1. The zero-order valence-corrected chi connectivity index (χ0v) is 20.3. The average molecular weight is 533 g/mol. The number of hydrogen-bond acceptors (Lipinski definition) is 11. The van der Waals surface area contributed by atoms with E-state index in [1.165, 1.54) is 0 Å². The summed E-state index contributed by atoms with van der Waals surface area (Å²) in [5.74, 6) is -4.53. The molecule has 1 aromatic rings. The van der Waals surface area contributed by atoms with Gasteiger partial charge in [-0.15, -0.1) is 4.28 Å². The van der Waals surface area contributed by atoms with Gasteiger partial charge in [0.05, 0.1) is 20.3 Å². The first-order valence-electron chi connectivity index (χ1n) is 10.6. The van der Waals surface area contributed by atoms with Crippen molar-refractivity contribution in [3.8, 4) is 11.5 Å². The van der Waals surface area contributed by atoms with Gasteiger partial charge in [-0.3, -0.25) is 9.59 Å². The number of carbonyl (C=O) groups excluding carboxylic acids is 4. The first-order chi connectivity index (χ1) is 17.0. The van der Waals surface area contributed by atoms with Crippen molar-refractivity contribution >= 4 is 34.3 Å². The number of esters is 1. The zero-order valence-electron chi connectivity index (χ0n) is 19.5. The van der Waals surface area contributed by atoms with Gasteiger partial charge in [0.25, 0.3) is 0 Å². The molecule has 0 aliphatic carbocycles. The maximum atomic E-state index is 14.0. The van der Waals surface area contributed by atoms with E-state index >= 15 is 0 Å². The Hall–Kier alpha value is -3.66. The summed E-state index contributed by atoms with van der Waals surface area (Å²) in [6.45, 7) is 1.16. The van der Waals surface area contributed by atoms with Crippen molar-refractivity contribution in [2.24, 2.45) is 0 Å². The van der Waals surface area contributed by atoms with Crippen molar-refractivity contribution in [2.45, 2.75) is 38.3 Å². The van der Waals surface area contributed by atoms with Crippen LogP contribution < -0.4 is 14.8 Å². The second-order valence-electron chi connectivity index (χ2n) is 7.57. The smallest absolute Gasteiger partial charge is 0.473 e. The maximum Gasteiger partial charge on any atom is 0.473 e. The third-order valence-corrected chi connectivity index (χ3v) is 6.14. The third-order valence-electron chi connectivity index (χ3n) is 5.44. The molecule has 14 nitrogen and oxygen atoms in total. The molecule has 3 amide bonds. The highest BCUT2D eigenvalue weighted by Crippen LogP contribution is 2.34. The fourth-order valence-corrected chi connectivity index (χ4v) is 4.44. The van der Waals surface area contributed by atoms with Crippen LogP contribution in [0.5, 0.6) is 11.5 Å². The van der Waals surface area contributed by atoms with Gasteiger partial charge in [-0.25, -0.2) is 14.0 Å². The molecule has 2 aliphatic heterocycles. The fraction of sp³-hybridized carbons (Fsp3) is 0.500. The van der Waals surface area contributed by atoms with Crippen molar-refractivity contribution < 1.29 is 54.7 Å². The quantitative estimate of drug-likeness (QED) is 0.328. The van der Waals surface area contributed by atoms with Crippen LogP contribution in [0, 0.1) is 5.82 Å². The molecule has 0 radical (unpaired) electrons. The van der Waals surface area contributed by atoms with E-state index in [1.54, 1.807) is 6.92 Å². The Balaban J connectivity index is 1.68. The van der Waals surface area contributed by atoms with E-state index in [2.05, 4.69) is 9.50 Å². The van der Waals surface area contributed by atoms with Gasteiger partial charge in [0.15, 0.2) is 18.3 Å². The number of halogens is 1. The number of piperidine rings is 1. The monoisotopic (exact) mass is 533 g/mol. The number of methoxy groups -OCH3 is 2. The van der Waals surface area contributed by atoms with Crippen LogP contribution in [0.25, 0.3) is 0 Å². The van der Waals surface area contributed by atoms with Crippen LogP contribution in [-0.4, -0.2) is 81.8 Å². The number of ether oxygens (including phenoxy) is 3. The van der Waals surface area contributed by atoms with Crippen molar-refractivity contribution in [3.63, 3.8) is 0 Å². The molecule has 1 aromatic carbocycles. The summed E-state index contributed by atoms with van der Waals surface area (Å²) in [7, 11) is -2.96. The lowest BCUT2D eigenvalue weighted by molar-refractivity contribution is -0.145. The van der Waals surface area contributed by atoms with Crippen molar-refractivity contribution in [1.29, 1.82) is 0 Å². The molecule has 2 atom stereocenters. The van der Waals surface area contributed by atoms with Crippen LogP contribution in [0.15, 0.2) is 12.1 Å². The number of urea groups is 1. The molecule has 2 bridgehead atoms. The summed E-state index contributed by atoms with van der Waals surface area (Å²) in [6, 6.07) is -0.669. The van der Waals surface area contributed by atoms with Crippen molar-refractivity contribution in [2.75, 3.05) is 27.5 Å². The summed E-state index contributed by atoms with van der Waals surface area (Å²) in [5.41, 5.74) is -0.650. The third kappa shape index (κ3) is 5.59. The maximum absolute atomic E-state index is 14.0.